The first kappa shape index (κ1) is 21.6. The van der Waals surface area contributed by atoms with E-state index >= 15 is 0 Å². The molecule has 2 aliphatic rings. The number of hydrogen-bond donors (Lipinski definition) is 3. The number of amides is 2. The number of hydrogen-bond acceptors (Lipinski definition) is 5. The Labute approximate surface area is 169 Å². The third-order valence-electron chi connectivity index (χ3n) is 4.70. The highest BCUT2D eigenvalue weighted by Gasteiger charge is 2.38. The molecule has 1 aromatic heterocycles. The largest absolute Gasteiger partial charge is 0.490 e. The summed E-state index contributed by atoms with van der Waals surface area (Å²) in [5, 5.41) is 22.0. The van der Waals surface area contributed by atoms with Gasteiger partial charge in [-0.2, -0.15) is 18.3 Å². The van der Waals surface area contributed by atoms with Gasteiger partial charge in [0.2, 0.25) is 0 Å². The summed E-state index contributed by atoms with van der Waals surface area (Å²) < 4.78 is 31.7. The minimum absolute atomic E-state index is 0.114. The van der Waals surface area contributed by atoms with Gasteiger partial charge in [0.15, 0.2) is 5.82 Å². The number of carbonyl (C=O) groups excluding carboxylic acids is 1. The standard InChI is InChI=1S/C16H20N6O.C2HF3O2/c23-16(21-10-13(11-21)18-12-5-4-6-12)19-15-9-17-22(20-15)14-7-2-1-3-8-14;3-2(4,5)1(6)7/h1-3,7-9,12-13,18H,4-6,10-11H2,(H,19,20,23);(H,6,7). The molecule has 162 valence electrons. The lowest BCUT2D eigenvalue weighted by atomic mass is 9.91. The fourth-order valence-electron chi connectivity index (χ4n) is 2.85. The van der Waals surface area contributed by atoms with Crippen LogP contribution in [-0.4, -0.2) is 68.4 Å². The number of carboxylic acid groups (broad SMARTS) is 1. The van der Waals surface area contributed by atoms with Gasteiger partial charge < -0.3 is 15.3 Å². The average Bonchev–Trinajstić information content (AvgIpc) is 3.08. The number of para-hydroxylation sites is 1. The van der Waals surface area contributed by atoms with Gasteiger partial charge in [-0.15, -0.1) is 9.90 Å². The Balaban J connectivity index is 0.000000318. The van der Waals surface area contributed by atoms with Gasteiger partial charge in [0.05, 0.1) is 11.9 Å². The van der Waals surface area contributed by atoms with Crippen molar-refractivity contribution in [3.63, 3.8) is 0 Å². The van der Waals surface area contributed by atoms with Crippen LogP contribution < -0.4 is 10.6 Å². The lowest BCUT2D eigenvalue weighted by Gasteiger charge is -2.43. The maximum atomic E-state index is 12.2. The topological polar surface area (TPSA) is 112 Å². The van der Waals surface area contributed by atoms with Crippen molar-refractivity contribution in [2.45, 2.75) is 37.5 Å². The molecule has 2 fully saturated rings. The van der Waals surface area contributed by atoms with E-state index in [0.717, 1.165) is 18.8 Å². The lowest BCUT2D eigenvalue weighted by Crippen LogP contribution is -2.63. The summed E-state index contributed by atoms with van der Waals surface area (Å²) in [7, 11) is 0. The van der Waals surface area contributed by atoms with Crippen molar-refractivity contribution in [3.05, 3.63) is 36.5 Å². The van der Waals surface area contributed by atoms with Crippen LogP contribution in [0, 0.1) is 0 Å². The zero-order chi connectivity index (χ0) is 21.7. The van der Waals surface area contributed by atoms with Crippen LogP contribution in [0.2, 0.25) is 0 Å². The normalized spacial score (nSPS) is 16.7. The molecule has 1 aromatic carbocycles. The third kappa shape index (κ3) is 5.69. The number of carboxylic acids is 1. The molecule has 1 saturated heterocycles. The maximum Gasteiger partial charge on any atom is 0.490 e. The predicted molar refractivity (Wildman–Crippen MR) is 100 cm³/mol. The number of rotatable bonds is 4. The maximum absolute atomic E-state index is 12.2. The van der Waals surface area contributed by atoms with E-state index < -0.39 is 12.1 Å². The van der Waals surface area contributed by atoms with Crippen molar-refractivity contribution >= 4 is 17.8 Å². The van der Waals surface area contributed by atoms with E-state index in [-0.39, 0.29) is 6.03 Å². The molecule has 9 nitrogen and oxygen atoms in total. The van der Waals surface area contributed by atoms with Crippen molar-refractivity contribution in [2.75, 3.05) is 18.4 Å². The molecule has 2 aromatic rings. The lowest BCUT2D eigenvalue weighted by molar-refractivity contribution is -0.192. The second kappa shape index (κ2) is 9.11. The molecule has 30 heavy (non-hydrogen) atoms. The van der Waals surface area contributed by atoms with Crippen LogP contribution >= 0.6 is 0 Å². The van der Waals surface area contributed by atoms with Crippen LogP contribution in [0.4, 0.5) is 23.8 Å². The summed E-state index contributed by atoms with van der Waals surface area (Å²) in [6, 6.07) is 10.6. The molecule has 3 N–H and O–H groups in total. The van der Waals surface area contributed by atoms with Crippen LogP contribution in [-0.2, 0) is 4.79 Å². The summed E-state index contributed by atoms with van der Waals surface area (Å²) in [4.78, 5) is 24.4. The third-order valence-corrected chi connectivity index (χ3v) is 4.70. The Bertz CT molecular complexity index is 864. The van der Waals surface area contributed by atoms with E-state index in [0.29, 0.717) is 17.9 Å². The first-order valence-corrected chi connectivity index (χ1v) is 9.32. The van der Waals surface area contributed by atoms with Gasteiger partial charge in [-0.05, 0) is 25.0 Å². The summed E-state index contributed by atoms with van der Waals surface area (Å²) in [6.45, 7) is 1.52. The quantitative estimate of drug-likeness (QED) is 0.692. The number of likely N-dealkylation sites (tertiary alicyclic amines) is 1. The molecule has 2 heterocycles. The van der Waals surface area contributed by atoms with Crippen molar-refractivity contribution < 1.29 is 27.9 Å². The monoisotopic (exact) mass is 426 g/mol. The van der Waals surface area contributed by atoms with Gasteiger partial charge in [0, 0.05) is 25.2 Å². The summed E-state index contributed by atoms with van der Waals surface area (Å²) in [5.41, 5.74) is 0.863. The van der Waals surface area contributed by atoms with E-state index in [2.05, 4.69) is 20.8 Å². The number of benzene rings is 1. The van der Waals surface area contributed by atoms with E-state index in [4.69, 9.17) is 9.90 Å². The number of aliphatic carboxylic acids is 1. The van der Waals surface area contributed by atoms with Gasteiger partial charge in [-0.1, -0.05) is 24.6 Å². The van der Waals surface area contributed by atoms with Crippen molar-refractivity contribution in [3.8, 4) is 5.69 Å². The molecule has 12 heteroatoms. The van der Waals surface area contributed by atoms with Crippen LogP contribution in [0.5, 0.6) is 0 Å². The number of carbonyl (C=O) groups is 2. The summed E-state index contributed by atoms with van der Waals surface area (Å²) >= 11 is 0. The van der Waals surface area contributed by atoms with E-state index in [1.54, 1.807) is 11.1 Å². The highest BCUT2D eigenvalue weighted by atomic mass is 19.4. The highest BCUT2D eigenvalue weighted by Crippen LogP contribution is 2.21. The number of halogens is 3. The molecule has 0 bridgehead atoms. The van der Waals surface area contributed by atoms with Crippen molar-refractivity contribution in [1.29, 1.82) is 0 Å². The second-order valence-corrected chi connectivity index (χ2v) is 6.98. The number of nitrogens with one attached hydrogen (secondary N) is 2. The molecule has 0 spiro atoms. The first-order chi connectivity index (χ1) is 14.2. The number of aromatic nitrogens is 3. The molecular weight excluding hydrogens is 405 g/mol. The molecule has 1 aliphatic carbocycles. The Hall–Kier alpha value is -3.15. The molecule has 1 aliphatic heterocycles. The Kier molecular flexibility index (Phi) is 6.55. The molecule has 0 unspecified atom stereocenters. The van der Waals surface area contributed by atoms with Gasteiger partial charge in [0.25, 0.3) is 0 Å². The minimum Gasteiger partial charge on any atom is -0.475 e. The van der Waals surface area contributed by atoms with E-state index in [1.165, 1.54) is 24.1 Å². The van der Waals surface area contributed by atoms with Crippen molar-refractivity contribution in [2.24, 2.45) is 0 Å². The summed E-state index contributed by atoms with van der Waals surface area (Å²) in [6.07, 6.45) is 0.344. The van der Waals surface area contributed by atoms with Gasteiger partial charge in [-0.3, -0.25) is 5.32 Å². The summed E-state index contributed by atoms with van der Waals surface area (Å²) in [5.74, 6) is -2.29. The SMILES string of the molecule is O=C(Nc1cnn(-c2ccccc2)n1)N1CC(NC2CCC2)C1.O=C(O)C(F)(F)F. The average molecular weight is 426 g/mol. The zero-order valence-corrected chi connectivity index (χ0v) is 15.8. The van der Waals surface area contributed by atoms with E-state index in [1.807, 2.05) is 30.3 Å². The van der Waals surface area contributed by atoms with Crippen LogP contribution in [0.25, 0.3) is 5.69 Å². The number of urea groups is 1. The van der Waals surface area contributed by atoms with Crippen LogP contribution in [0.3, 0.4) is 0 Å². The molecular formula is C18H21F3N6O3. The molecule has 1 saturated carbocycles. The van der Waals surface area contributed by atoms with Gasteiger partial charge >= 0.3 is 18.2 Å². The second-order valence-electron chi connectivity index (χ2n) is 6.98. The number of nitrogens with zero attached hydrogens (tertiary/aromatic N) is 4. The van der Waals surface area contributed by atoms with Gasteiger partial charge in [0.1, 0.15) is 0 Å². The Morgan fingerprint density at radius 2 is 1.73 bits per heavy atom. The molecule has 4 rings (SSSR count). The molecule has 2 amide bonds. The predicted octanol–water partition coefficient (Wildman–Crippen LogP) is 2.26. The fraction of sp³-hybridized carbons (Fsp3) is 0.444. The van der Waals surface area contributed by atoms with Gasteiger partial charge in [-0.25, -0.2) is 9.59 Å². The smallest absolute Gasteiger partial charge is 0.475 e. The minimum atomic E-state index is -5.08. The van der Waals surface area contributed by atoms with E-state index in [9.17, 15) is 18.0 Å². The number of anilines is 1. The molecule has 0 radical (unpaired) electrons. The fourth-order valence-corrected chi connectivity index (χ4v) is 2.85. The Morgan fingerprint density at radius 3 is 2.27 bits per heavy atom. The van der Waals surface area contributed by atoms with Crippen LogP contribution in [0.1, 0.15) is 19.3 Å². The van der Waals surface area contributed by atoms with Crippen molar-refractivity contribution in [1.82, 2.24) is 25.2 Å². The number of alkyl halides is 3. The van der Waals surface area contributed by atoms with Crippen LogP contribution in [0.15, 0.2) is 36.5 Å². The Morgan fingerprint density at radius 1 is 1.10 bits per heavy atom. The molecule has 0 atom stereocenters. The first-order valence-electron chi connectivity index (χ1n) is 9.32. The zero-order valence-electron chi connectivity index (χ0n) is 15.8. The highest BCUT2D eigenvalue weighted by molar-refractivity contribution is 5.88.